The number of hydrogen-bond donors (Lipinski definition) is 1. The zero-order chi connectivity index (χ0) is 14.1. The van der Waals surface area contributed by atoms with Gasteiger partial charge in [-0.1, -0.05) is 26.0 Å². The van der Waals surface area contributed by atoms with E-state index in [-0.39, 0.29) is 0 Å². The second kappa shape index (κ2) is 5.31. The maximum Gasteiger partial charge on any atom is 0.136 e. The monoisotopic (exact) mass is 269 g/mol. The van der Waals surface area contributed by atoms with Gasteiger partial charge >= 0.3 is 0 Å². The number of fused-ring (bicyclic) bond motifs is 1. The molecule has 1 aromatic heterocycles. The van der Waals surface area contributed by atoms with Crippen LogP contribution < -0.4 is 10.2 Å². The highest BCUT2D eigenvalue weighted by Crippen LogP contribution is 2.33. The summed E-state index contributed by atoms with van der Waals surface area (Å²) in [6.45, 7) is 6.75. The van der Waals surface area contributed by atoms with Gasteiger partial charge in [0.1, 0.15) is 5.82 Å². The van der Waals surface area contributed by atoms with Crippen molar-refractivity contribution in [3.63, 3.8) is 0 Å². The highest BCUT2D eigenvalue weighted by molar-refractivity contribution is 6.00. The Labute approximate surface area is 121 Å². The lowest BCUT2D eigenvalue weighted by Crippen LogP contribution is -2.19. The van der Waals surface area contributed by atoms with Crippen molar-refractivity contribution < 1.29 is 0 Å². The van der Waals surface area contributed by atoms with Crippen LogP contribution in [0.15, 0.2) is 24.4 Å². The first-order valence-electron chi connectivity index (χ1n) is 7.56. The van der Waals surface area contributed by atoms with Crippen LogP contribution >= 0.6 is 0 Å². The predicted octanol–water partition coefficient (Wildman–Crippen LogP) is 4.00. The molecule has 0 aliphatic carbocycles. The van der Waals surface area contributed by atoms with Crippen LogP contribution in [0.25, 0.3) is 10.8 Å². The first kappa shape index (κ1) is 13.2. The Hall–Kier alpha value is -1.77. The molecule has 3 rings (SSSR count). The average Bonchev–Trinajstić information content (AvgIpc) is 2.99. The smallest absolute Gasteiger partial charge is 0.136 e. The number of aromatic nitrogens is 1. The third kappa shape index (κ3) is 2.21. The van der Waals surface area contributed by atoms with Gasteiger partial charge in [-0.05, 0) is 30.4 Å². The van der Waals surface area contributed by atoms with Gasteiger partial charge in [-0.25, -0.2) is 4.98 Å². The first-order valence-corrected chi connectivity index (χ1v) is 7.56. The molecule has 1 saturated heterocycles. The van der Waals surface area contributed by atoms with Gasteiger partial charge in [0.2, 0.25) is 0 Å². The third-order valence-electron chi connectivity index (χ3n) is 4.23. The van der Waals surface area contributed by atoms with E-state index in [1.54, 1.807) is 0 Å². The van der Waals surface area contributed by atoms with E-state index in [1.807, 2.05) is 13.2 Å². The number of benzene rings is 1. The lowest BCUT2D eigenvalue weighted by molar-refractivity contribution is 0.868. The summed E-state index contributed by atoms with van der Waals surface area (Å²) in [4.78, 5) is 7.15. The van der Waals surface area contributed by atoms with Gasteiger partial charge in [0.15, 0.2) is 0 Å². The molecular formula is C17H23N3. The van der Waals surface area contributed by atoms with Crippen LogP contribution in [-0.4, -0.2) is 25.1 Å². The van der Waals surface area contributed by atoms with Gasteiger partial charge in [0, 0.05) is 30.9 Å². The van der Waals surface area contributed by atoms with Crippen molar-refractivity contribution in [3.05, 3.63) is 30.0 Å². The van der Waals surface area contributed by atoms with Crippen molar-refractivity contribution in [1.82, 2.24) is 4.98 Å². The van der Waals surface area contributed by atoms with Gasteiger partial charge in [0.25, 0.3) is 0 Å². The van der Waals surface area contributed by atoms with E-state index >= 15 is 0 Å². The summed E-state index contributed by atoms with van der Waals surface area (Å²) >= 11 is 0. The van der Waals surface area contributed by atoms with E-state index in [4.69, 9.17) is 4.98 Å². The van der Waals surface area contributed by atoms with Gasteiger partial charge < -0.3 is 10.2 Å². The maximum atomic E-state index is 4.72. The van der Waals surface area contributed by atoms with Gasteiger partial charge in [-0.2, -0.15) is 0 Å². The molecule has 1 aliphatic rings. The lowest BCUT2D eigenvalue weighted by Gasteiger charge is -2.20. The topological polar surface area (TPSA) is 28.2 Å². The van der Waals surface area contributed by atoms with E-state index in [0.717, 1.165) is 24.6 Å². The molecule has 2 aromatic rings. The van der Waals surface area contributed by atoms with Crippen LogP contribution in [0, 0.1) is 0 Å². The molecule has 0 radical (unpaired) electrons. The molecule has 1 N–H and O–H groups in total. The fourth-order valence-corrected chi connectivity index (χ4v) is 2.99. The van der Waals surface area contributed by atoms with Crippen molar-refractivity contribution in [3.8, 4) is 0 Å². The minimum atomic E-state index is 0.545. The highest BCUT2D eigenvalue weighted by atomic mass is 15.2. The normalized spacial score (nSPS) is 15.3. The summed E-state index contributed by atoms with van der Waals surface area (Å²) in [6, 6.07) is 6.79. The number of rotatable bonds is 3. The van der Waals surface area contributed by atoms with Crippen molar-refractivity contribution in [2.45, 2.75) is 32.6 Å². The van der Waals surface area contributed by atoms with Crippen molar-refractivity contribution in [1.29, 1.82) is 0 Å². The van der Waals surface area contributed by atoms with Gasteiger partial charge in [-0.15, -0.1) is 0 Å². The summed E-state index contributed by atoms with van der Waals surface area (Å²) in [5.74, 6) is 1.70. The molecule has 3 nitrogen and oxygen atoms in total. The number of hydrogen-bond acceptors (Lipinski definition) is 3. The Balaban J connectivity index is 2.20. The number of anilines is 2. The summed E-state index contributed by atoms with van der Waals surface area (Å²) < 4.78 is 0. The van der Waals surface area contributed by atoms with Crippen molar-refractivity contribution in [2.75, 3.05) is 30.4 Å². The standard InChI is InChI=1S/C17H23N3/c1-12(2)13-6-7-14-15(10-13)17(19-11-16(14)18-3)20-8-4-5-9-20/h6-7,10-12,18H,4-5,8-9H2,1-3H3. The van der Waals surface area contributed by atoms with E-state index in [0.29, 0.717) is 5.92 Å². The van der Waals surface area contributed by atoms with Crippen LogP contribution in [0.4, 0.5) is 11.5 Å². The molecule has 0 unspecified atom stereocenters. The zero-order valence-corrected chi connectivity index (χ0v) is 12.6. The molecule has 0 saturated carbocycles. The largest absolute Gasteiger partial charge is 0.386 e. The fourth-order valence-electron chi connectivity index (χ4n) is 2.99. The fraction of sp³-hybridized carbons (Fsp3) is 0.471. The van der Waals surface area contributed by atoms with Gasteiger partial charge in [0.05, 0.1) is 11.9 Å². The van der Waals surface area contributed by atoms with E-state index < -0.39 is 0 Å². The third-order valence-corrected chi connectivity index (χ3v) is 4.23. The Morgan fingerprint density at radius 2 is 1.90 bits per heavy atom. The number of nitrogens with one attached hydrogen (secondary N) is 1. The summed E-state index contributed by atoms with van der Waals surface area (Å²) in [5.41, 5.74) is 2.49. The summed E-state index contributed by atoms with van der Waals surface area (Å²) in [5, 5.41) is 5.81. The van der Waals surface area contributed by atoms with Crippen LogP contribution in [-0.2, 0) is 0 Å². The molecule has 0 bridgehead atoms. The molecule has 1 aliphatic heterocycles. The first-order chi connectivity index (χ1) is 9.70. The second-order valence-electron chi connectivity index (χ2n) is 5.90. The highest BCUT2D eigenvalue weighted by Gasteiger charge is 2.18. The molecule has 1 fully saturated rings. The van der Waals surface area contributed by atoms with Gasteiger partial charge in [-0.3, -0.25) is 0 Å². The Bertz CT molecular complexity index is 613. The lowest BCUT2D eigenvalue weighted by atomic mass is 9.99. The molecule has 0 amide bonds. The van der Waals surface area contributed by atoms with Crippen molar-refractivity contribution in [2.24, 2.45) is 0 Å². The zero-order valence-electron chi connectivity index (χ0n) is 12.6. The molecule has 0 atom stereocenters. The minimum Gasteiger partial charge on any atom is -0.386 e. The van der Waals surface area contributed by atoms with Crippen LogP contribution in [0.1, 0.15) is 38.2 Å². The van der Waals surface area contributed by atoms with Crippen LogP contribution in [0.3, 0.4) is 0 Å². The maximum absolute atomic E-state index is 4.72. The molecule has 106 valence electrons. The minimum absolute atomic E-state index is 0.545. The molecule has 1 aromatic carbocycles. The predicted molar refractivity (Wildman–Crippen MR) is 86.8 cm³/mol. The number of nitrogens with zero attached hydrogens (tertiary/aromatic N) is 2. The summed E-state index contributed by atoms with van der Waals surface area (Å²) in [6.07, 6.45) is 4.52. The van der Waals surface area contributed by atoms with Crippen LogP contribution in [0.5, 0.6) is 0 Å². The molecular weight excluding hydrogens is 246 g/mol. The Morgan fingerprint density at radius 1 is 1.15 bits per heavy atom. The SMILES string of the molecule is CNc1cnc(N2CCCC2)c2cc(C(C)C)ccc12. The Morgan fingerprint density at radius 3 is 2.55 bits per heavy atom. The Kier molecular flexibility index (Phi) is 3.51. The van der Waals surface area contributed by atoms with Crippen molar-refractivity contribution >= 4 is 22.3 Å². The quantitative estimate of drug-likeness (QED) is 0.913. The molecule has 2 heterocycles. The summed E-state index contributed by atoms with van der Waals surface area (Å²) in [7, 11) is 1.96. The molecule has 20 heavy (non-hydrogen) atoms. The number of pyridine rings is 1. The van der Waals surface area contributed by atoms with E-state index in [9.17, 15) is 0 Å². The average molecular weight is 269 g/mol. The van der Waals surface area contributed by atoms with E-state index in [2.05, 4.69) is 42.3 Å². The molecule has 3 heteroatoms. The molecule has 0 spiro atoms. The van der Waals surface area contributed by atoms with E-state index in [1.165, 1.54) is 29.2 Å². The second-order valence-corrected chi connectivity index (χ2v) is 5.90. The van der Waals surface area contributed by atoms with Crippen LogP contribution in [0.2, 0.25) is 0 Å².